The van der Waals surface area contributed by atoms with E-state index in [0.717, 1.165) is 41.9 Å². The van der Waals surface area contributed by atoms with Gasteiger partial charge in [0.2, 0.25) is 0 Å². The van der Waals surface area contributed by atoms with E-state index in [2.05, 4.69) is 37.6 Å². The van der Waals surface area contributed by atoms with Crippen molar-refractivity contribution >= 4 is 11.8 Å². The molecule has 2 N–H and O–H groups in total. The minimum absolute atomic E-state index is 0.0603. The quantitative estimate of drug-likeness (QED) is 0.611. The van der Waals surface area contributed by atoms with E-state index in [1.54, 1.807) is 7.05 Å². The van der Waals surface area contributed by atoms with Crippen LogP contribution >= 0.6 is 0 Å². The van der Waals surface area contributed by atoms with Gasteiger partial charge in [0, 0.05) is 32.9 Å². The Hall–Kier alpha value is -2.96. The smallest absolute Gasteiger partial charge is 0.191 e. The van der Waals surface area contributed by atoms with E-state index in [1.165, 1.54) is 12.8 Å². The number of aromatic nitrogens is 1. The largest absolute Gasteiger partial charge is 0.486 e. The minimum Gasteiger partial charge on any atom is -0.486 e. The lowest BCUT2D eigenvalue weighted by atomic mass is 10.2. The molecule has 4 rings (SSSR count). The molecule has 0 radical (unpaired) electrons. The van der Waals surface area contributed by atoms with Crippen molar-refractivity contribution in [3.63, 3.8) is 0 Å². The van der Waals surface area contributed by atoms with Gasteiger partial charge in [-0.05, 0) is 36.6 Å². The third kappa shape index (κ3) is 4.47. The topological polar surface area (TPSA) is 71.0 Å². The number of pyridine rings is 1. The maximum absolute atomic E-state index is 5.97. The number of anilines is 1. The number of hydrogen-bond donors (Lipinski definition) is 2. The highest BCUT2D eigenvalue weighted by Crippen LogP contribution is 2.30. The first-order valence-corrected chi connectivity index (χ1v) is 9.85. The number of guanidine groups is 1. The molecule has 1 fully saturated rings. The van der Waals surface area contributed by atoms with Gasteiger partial charge in [0.1, 0.15) is 18.5 Å². The molecule has 0 bridgehead atoms. The van der Waals surface area contributed by atoms with E-state index in [4.69, 9.17) is 9.47 Å². The second-order valence-electron chi connectivity index (χ2n) is 7.02. The predicted octanol–water partition coefficient (Wildman–Crippen LogP) is 2.19. The van der Waals surface area contributed by atoms with Crippen molar-refractivity contribution in [2.75, 3.05) is 38.2 Å². The van der Waals surface area contributed by atoms with Crippen LogP contribution in [0.3, 0.4) is 0 Å². The predicted molar refractivity (Wildman–Crippen MR) is 110 cm³/mol. The zero-order valence-electron chi connectivity index (χ0n) is 16.2. The van der Waals surface area contributed by atoms with Gasteiger partial charge in [0.15, 0.2) is 17.5 Å². The van der Waals surface area contributed by atoms with Crippen LogP contribution in [0, 0.1) is 0 Å². The van der Waals surface area contributed by atoms with Gasteiger partial charge in [-0.15, -0.1) is 0 Å². The number of nitrogens with zero attached hydrogens (tertiary/aromatic N) is 3. The Bertz CT molecular complexity index is 803. The van der Waals surface area contributed by atoms with Crippen molar-refractivity contribution in [1.82, 2.24) is 15.6 Å². The highest BCUT2D eigenvalue weighted by atomic mass is 16.6. The van der Waals surface area contributed by atoms with Crippen molar-refractivity contribution < 1.29 is 9.47 Å². The van der Waals surface area contributed by atoms with E-state index in [1.807, 2.05) is 30.5 Å². The summed E-state index contributed by atoms with van der Waals surface area (Å²) in [4.78, 5) is 11.2. The maximum atomic E-state index is 5.97. The number of hydrogen-bond acceptors (Lipinski definition) is 5. The van der Waals surface area contributed by atoms with Gasteiger partial charge in [0.05, 0.1) is 6.54 Å². The Balaban J connectivity index is 1.24. The molecular weight excluding hydrogens is 354 g/mol. The molecule has 7 heteroatoms. The average Bonchev–Trinajstić information content (AvgIpc) is 3.29. The second kappa shape index (κ2) is 8.82. The summed E-state index contributed by atoms with van der Waals surface area (Å²) < 4.78 is 11.7. The lowest BCUT2D eigenvalue weighted by Gasteiger charge is -2.27. The van der Waals surface area contributed by atoms with Gasteiger partial charge in [-0.25, -0.2) is 4.98 Å². The zero-order valence-corrected chi connectivity index (χ0v) is 16.2. The Kier molecular flexibility index (Phi) is 5.80. The molecule has 1 atom stereocenters. The summed E-state index contributed by atoms with van der Waals surface area (Å²) in [6.45, 7) is 4.01. The van der Waals surface area contributed by atoms with Crippen LogP contribution in [0.4, 0.5) is 5.82 Å². The molecule has 0 amide bonds. The summed E-state index contributed by atoms with van der Waals surface area (Å²) in [5.74, 6) is 3.38. The lowest BCUT2D eigenvalue weighted by molar-refractivity contribution is 0.0936. The number of fused-ring (bicyclic) bond motifs is 1. The Labute approximate surface area is 165 Å². The molecule has 0 aliphatic carbocycles. The first-order chi connectivity index (χ1) is 13.8. The molecular formula is C21H27N5O2. The number of benzene rings is 1. The third-order valence-corrected chi connectivity index (χ3v) is 4.99. The summed E-state index contributed by atoms with van der Waals surface area (Å²) in [7, 11) is 1.76. The number of rotatable bonds is 5. The van der Waals surface area contributed by atoms with Crippen LogP contribution in [0.5, 0.6) is 11.5 Å². The summed E-state index contributed by atoms with van der Waals surface area (Å²) in [6, 6.07) is 12.0. The molecule has 2 aliphatic heterocycles. The van der Waals surface area contributed by atoms with Crippen LogP contribution in [0.1, 0.15) is 18.4 Å². The highest BCUT2D eigenvalue weighted by Gasteiger charge is 2.20. The van der Waals surface area contributed by atoms with Crippen LogP contribution < -0.4 is 25.0 Å². The molecule has 28 heavy (non-hydrogen) atoms. The van der Waals surface area contributed by atoms with Crippen LogP contribution in [0.15, 0.2) is 47.6 Å². The molecule has 0 saturated carbocycles. The zero-order chi connectivity index (χ0) is 19.2. The van der Waals surface area contributed by atoms with Gasteiger partial charge in [0.25, 0.3) is 0 Å². The van der Waals surface area contributed by atoms with Crippen LogP contribution in [-0.2, 0) is 6.54 Å². The van der Waals surface area contributed by atoms with Gasteiger partial charge in [-0.3, -0.25) is 4.99 Å². The van der Waals surface area contributed by atoms with Crippen molar-refractivity contribution in [2.45, 2.75) is 25.5 Å². The molecule has 148 valence electrons. The van der Waals surface area contributed by atoms with Crippen LogP contribution in [0.2, 0.25) is 0 Å². The summed E-state index contributed by atoms with van der Waals surface area (Å²) in [5.41, 5.74) is 1.12. The van der Waals surface area contributed by atoms with Crippen molar-refractivity contribution in [2.24, 2.45) is 4.99 Å². The van der Waals surface area contributed by atoms with Gasteiger partial charge < -0.3 is 25.0 Å². The number of nitrogens with one attached hydrogen (secondary N) is 2. The summed E-state index contributed by atoms with van der Waals surface area (Å²) in [5, 5.41) is 6.62. The van der Waals surface area contributed by atoms with Crippen LogP contribution in [-0.4, -0.2) is 50.3 Å². The van der Waals surface area contributed by atoms with E-state index in [0.29, 0.717) is 19.7 Å². The maximum Gasteiger partial charge on any atom is 0.191 e. The second-order valence-corrected chi connectivity index (χ2v) is 7.02. The Morgan fingerprint density at radius 2 is 1.96 bits per heavy atom. The van der Waals surface area contributed by atoms with Crippen molar-refractivity contribution in [1.29, 1.82) is 0 Å². The molecule has 1 unspecified atom stereocenters. The lowest BCUT2D eigenvalue weighted by Crippen LogP contribution is -2.45. The molecule has 7 nitrogen and oxygen atoms in total. The van der Waals surface area contributed by atoms with E-state index in [9.17, 15) is 0 Å². The minimum atomic E-state index is -0.0603. The van der Waals surface area contributed by atoms with Gasteiger partial charge >= 0.3 is 0 Å². The van der Waals surface area contributed by atoms with Crippen LogP contribution in [0.25, 0.3) is 0 Å². The van der Waals surface area contributed by atoms with Crippen molar-refractivity contribution in [3.8, 4) is 11.5 Å². The third-order valence-electron chi connectivity index (χ3n) is 4.99. The first kappa shape index (κ1) is 18.4. The normalized spacial score (nSPS) is 18.8. The molecule has 1 aromatic heterocycles. The number of ether oxygens (including phenoxy) is 2. The van der Waals surface area contributed by atoms with E-state index >= 15 is 0 Å². The molecule has 1 aromatic carbocycles. The number of para-hydroxylation sites is 2. The molecule has 3 heterocycles. The standard InChI is InChI=1S/C21H27N5O2/c1-22-21(25-14-17-15-27-18-6-2-3-7-19(18)28-17)24-13-16-8-9-20(23-12-16)26-10-4-5-11-26/h2-3,6-9,12,17H,4-5,10-11,13-15H2,1H3,(H2,22,24,25). The fraction of sp³-hybridized carbons (Fsp3) is 0.429. The summed E-state index contributed by atoms with van der Waals surface area (Å²) >= 11 is 0. The summed E-state index contributed by atoms with van der Waals surface area (Å²) in [6.07, 6.45) is 4.39. The van der Waals surface area contributed by atoms with E-state index in [-0.39, 0.29) is 6.10 Å². The fourth-order valence-corrected chi connectivity index (χ4v) is 3.44. The monoisotopic (exact) mass is 381 g/mol. The van der Waals surface area contributed by atoms with Gasteiger partial charge in [-0.1, -0.05) is 18.2 Å². The number of aliphatic imine (C=N–C) groups is 1. The SMILES string of the molecule is CN=C(NCc1ccc(N2CCCC2)nc1)NCC1COc2ccccc2O1. The highest BCUT2D eigenvalue weighted by molar-refractivity contribution is 5.79. The van der Waals surface area contributed by atoms with Gasteiger partial charge in [-0.2, -0.15) is 0 Å². The molecule has 2 aliphatic rings. The molecule has 1 saturated heterocycles. The average molecular weight is 381 g/mol. The molecule has 2 aromatic rings. The Morgan fingerprint density at radius 1 is 1.14 bits per heavy atom. The first-order valence-electron chi connectivity index (χ1n) is 9.85. The van der Waals surface area contributed by atoms with E-state index < -0.39 is 0 Å². The molecule has 0 spiro atoms. The Morgan fingerprint density at radius 3 is 2.71 bits per heavy atom. The van der Waals surface area contributed by atoms with Crippen molar-refractivity contribution in [3.05, 3.63) is 48.2 Å². The fourth-order valence-electron chi connectivity index (χ4n) is 3.44.